The molecule has 5 rings (SSSR count). The number of hydrogen-bond acceptors (Lipinski definition) is 8. The highest BCUT2D eigenvalue weighted by molar-refractivity contribution is 7.82. The van der Waals surface area contributed by atoms with Gasteiger partial charge in [-0.25, -0.2) is 19.3 Å². The van der Waals surface area contributed by atoms with Crippen LogP contribution in [-0.2, 0) is 17.4 Å². The van der Waals surface area contributed by atoms with Gasteiger partial charge in [0.15, 0.2) is 0 Å². The van der Waals surface area contributed by atoms with Gasteiger partial charge in [-0.05, 0) is 41.5 Å². The van der Waals surface area contributed by atoms with Crippen molar-refractivity contribution in [1.29, 1.82) is 5.26 Å². The van der Waals surface area contributed by atoms with E-state index in [1.165, 1.54) is 6.20 Å². The molecule has 1 atom stereocenters. The number of anilines is 2. The molecule has 2 aromatic heterocycles. The van der Waals surface area contributed by atoms with Crippen molar-refractivity contribution in [3.8, 4) is 22.9 Å². The van der Waals surface area contributed by atoms with E-state index in [0.717, 1.165) is 22.6 Å². The number of nitrogens with two attached hydrogens (primary N) is 3. The second-order valence-electron chi connectivity index (χ2n) is 8.02. The SMILES string of the molecule is CCc1nc2cccc(-c3ccc(S(N)=O)cc3)c2c(=O)n1-c1ccccc1.N#Cc1cnc(N)nc1N. The van der Waals surface area contributed by atoms with Crippen LogP contribution in [0.15, 0.2) is 88.7 Å². The Morgan fingerprint density at radius 1 is 0.974 bits per heavy atom. The predicted molar refractivity (Wildman–Crippen MR) is 148 cm³/mol. The minimum Gasteiger partial charge on any atom is -0.382 e. The van der Waals surface area contributed by atoms with E-state index >= 15 is 0 Å². The molecule has 0 saturated carbocycles. The zero-order valence-electron chi connectivity index (χ0n) is 20.4. The fourth-order valence-electron chi connectivity index (χ4n) is 3.86. The van der Waals surface area contributed by atoms with Crippen molar-refractivity contribution < 1.29 is 4.21 Å². The summed E-state index contributed by atoms with van der Waals surface area (Å²) in [6.45, 7) is 1.99. The summed E-state index contributed by atoms with van der Waals surface area (Å²) in [5.74, 6) is 0.918. The summed E-state index contributed by atoms with van der Waals surface area (Å²) in [5.41, 5.74) is 13.7. The average Bonchev–Trinajstić information content (AvgIpc) is 2.93. The molecule has 10 nitrogen and oxygen atoms in total. The Labute approximate surface area is 221 Å². The van der Waals surface area contributed by atoms with Crippen LogP contribution < -0.4 is 22.2 Å². The van der Waals surface area contributed by atoms with Crippen LogP contribution in [0.2, 0.25) is 0 Å². The standard InChI is InChI=1S/C22H19N3O2S.C5H5N5/c1-2-20-24-19-10-6-9-18(15-11-13-17(14-12-15)28(23)27)21(19)22(26)25(20)16-7-4-3-5-8-16;6-1-3-2-9-5(8)10-4(3)7/h3-14H,2,23H2,1H3;2H,(H4,7,8,9,10). The molecule has 0 amide bonds. The van der Waals surface area contributed by atoms with Crippen LogP contribution in [-0.4, -0.2) is 23.7 Å². The van der Waals surface area contributed by atoms with Crippen molar-refractivity contribution in [2.24, 2.45) is 5.14 Å². The quantitative estimate of drug-likeness (QED) is 0.321. The van der Waals surface area contributed by atoms with E-state index in [1.54, 1.807) is 16.7 Å². The van der Waals surface area contributed by atoms with E-state index in [2.05, 4.69) is 9.97 Å². The smallest absolute Gasteiger partial charge is 0.266 e. The molecule has 0 fully saturated rings. The number of rotatable bonds is 4. The zero-order chi connectivity index (χ0) is 27.2. The first kappa shape index (κ1) is 26.2. The van der Waals surface area contributed by atoms with E-state index < -0.39 is 11.0 Å². The molecule has 0 aliphatic heterocycles. The number of para-hydroxylation sites is 1. The molecule has 0 radical (unpaired) electrons. The number of hydrogen-bond donors (Lipinski definition) is 3. The van der Waals surface area contributed by atoms with Gasteiger partial charge in [0.2, 0.25) is 5.95 Å². The molecule has 0 aliphatic rings. The monoisotopic (exact) mass is 524 g/mol. The van der Waals surface area contributed by atoms with Gasteiger partial charge in [0.1, 0.15) is 34.3 Å². The largest absolute Gasteiger partial charge is 0.382 e. The molecule has 6 N–H and O–H groups in total. The number of nitrogen functional groups attached to an aromatic ring is 2. The van der Waals surface area contributed by atoms with Crippen molar-refractivity contribution in [3.63, 3.8) is 0 Å². The lowest BCUT2D eigenvalue weighted by Gasteiger charge is -2.14. The Hall–Kier alpha value is -4.92. The third-order valence-corrected chi connectivity index (χ3v) is 6.39. The zero-order valence-corrected chi connectivity index (χ0v) is 21.2. The van der Waals surface area contributed by atoms with Crippen LogP contribution in [0.1, 0.15) is 18.3 Å². The third kappa shape index (κ3) is 5.41. The van der Waals surface area contributed by atoms with Gasteiger partial charge in [-0.3, -0.25) is 9.36 Å². The molecule has 0 aliphatic carbocycles. The van der Waals surface area contributed by atoms with Gasteiger partial charge < -0.3 is 11.5 Å². The Morgan fingerprint density at radius 2 is 1.68 bits per heavy atom. The van der Waals surface area contributed by atoms with Crippen LogP contribution in [0, 0.1) is 11.3 Å². The van der Waals surface area contributed by atoms with Gasteiger partial charge in [0, 0.05) is 6.42 Å². The summed E-state index contributed by atoms with van der Waals surface area (Å²) < 4.78 is 13.1. The van der Waals surface area contributed by atoms with Gasteiger partial charge in [-0.15, -0.1) is 0 Å². The Balaban J connectivity index is 0.000000283. The predicted octanol–water partition coefficient (Wildman–Crippen LogP) is 3.11. The van der Waals surface area contributed by atoms with Gasteiger partial charge >= 0.3 is 0 Å². The summed E-state index contributed by atoms with van der Waals surface area (Å²) in [6, 6.07) is 24.1. The molecular weight excluding hydrogens is 500 g/mol. The Kier molecular flexibility index (Phi) is 7.86. The van der Waals surface area contributed by atoms with E-state index in [4.69, 9.17) is 26.9 Å². The minimum atomic E-state index is -1.54. The van der Waals surface area contributed by atoms with Crippen LogP contribution in [0.5, 0.6) is 0 Å². The molecule has 3 aromatic carbocycles. The second kappa shape index (κ2) is 11.4. The Bertz CT molecular complexity index is 1730. The molecular formula is C27H24N8O2S. The van der Waals surface area contributed by atoms with Crippen LogP contribution in [0.3, 0.4) is 0 Å². The van der Waals surface area contributed by atoms with E-state index in [1.807, 2.05) is 73.7 Å². The maximum absolute atomic E-state index is 13.5. The first-order valence-corrected chi connectivity index (χ1v) is 12.7. The fraction of sp³-hybridized carbons (Fsp3) is 0.0741. The lowest BCUT2D eigenvalue weighted by atomic mass is 10.0. The highest BCUT2D eigenvalue weighted by Crippen LogP contribution is 2.27. The van der Waals surface area contributed by atoms with Gasteiger partial charge in [-0.2, -0.15) is 10.2 Å². The van der Waals surface area contributed by atoms with Crippen LogP contribution in [0.25, 0.3) is 27.7 Å². The summed E-state index contributed by atoms with van der Waals surface area (Å²) in [5, 5.41) is 14.4. The van der Waals surface area contributed by atoms with Crippen LogP contribution in [0.4, 0.5) is 11.8 Å². The minimum absolute atomic E-state index is 0.0801. The van der Waals surface area contributed by atoms with Gasteiger partial charge in [0.05, 0.1) is 27.7 Å². The van der Waals surface area contributed by atoms with Crippen molar-refractivity contribution in [1.82, 2.24) is 19.5 Å². The molecule has 2 heterocycles. The van der Waals surface area contributed by atoms with E-state index in [0.29, 0.717) is 22.2 Å². The lowest BCUT2D eigenvalue weighted by molar-refractivity contribution is 0.684. The maximum atomic E-state index is 13.5. The molecule has 0 saturated heterocycles. The Morgan fingerprint density at radius 3 is 2.29 bits per heavy atom. The van der Waals surface area contributed by atoms with Crippen molar-refractivity contribution in [3.05, 3.63) is 101 Å². The molecule has 5 aromatic rings. The summed E-state index contributed by atoms with van der Waals surface area (Å²) in [7, 11) is -1.54. The fourth-order valence-corrected chi connectivity index (χ4v) is 4.27. The van der Waals surface area contributed by atoms with Gasteiger partial charge in [-0.1, -0.05) is 49.4 Å². The van der Waals surface area contributed by atoms with Crippen LogP contribution >= 0.6 is 0 Å². The average molecular weight is 525 g/mol. The normalized spacial score (nSPS) is 11.3. The first-order valence-electron chi connectivity index (χ1n) is 11.5. The van der Waals surface area contributed by atoms with E-state index in [9.17, 15) is 9.00 Å². The van der Waals surface area contributed by atoms with E-state index in [-0.39, 0.29) is 22.9 Å². The number of nitriles is 1. The summed E-state index contributed by atoms with van der Waals surface area (Å²) in [4.78, 5) is 26.0. The van der Waals surface area contributed by atoms with Crippen molar-refractivity contribution >= 4 is 33.7 Å². The topological polar surface area (TPSA) is 180 Å². The number of fused-ring (bicyclic) bond motifs is 1. The van der Waals surface area contributed by atoms with Crippen molar-refractivity contribution in [2.45, 2.75) is 18.2 Å². The number of aromatic nitrogens is 4. The van der Waals surface area contributed by atoms with Gasteiger partial charge in [0.25, 0.3) is 5.56 Å². The number of aryl methyl sites for hydroxylation is 1. The third-order valence-electron chi connectivity index (χ3n) is 5.65. The number of benzene rings is 3. The molecule has 1 unspecified atom stereocenters. The highest BCUT2D eigenvalue weighted by Gasteiger charge is 2.15. The molecule has 0 bridgehead atoms. The molecule has 0 spiro atoms. The maximum Gasteiger partial charge on any atom is 0.266 e. The lowest BCUT2D eigenvalue weighted by Crippen LogP contribution is -2.24. The summed E-state index contributed by atoms with van der Waals surface area (Å²) >= 11 is 0. The number of nitrogens with zero attached hydrogens (tertiary/aromatic N) is 5. The highest BCUT2D eigenvalue weighted by atomic mass is 32.2. The molecule has 11 heteroatoms. The first-order chi connectivity index (χ1) is 18.3. The second-order valence-corrected chi connectivity index (χ2v) is 9.08. The molecule has 190 valence electrons. The van der Waals surface area contributed by atoms with Crippen molar-refractivity contribution in [2.75, 3.05) is 11.5 Å². The summed E-state index contributed by atoms with van der Waals surface area (Å²) in [6.07, 6.45) is 1.93. The molecule has 38 heavy (non-hydrogen) atoms.